The van der Waals surface area contributed by atoms with Crippen LogP contribution in [0.2, 0.25) is 0 Å². The van der Waals surface area contributed by atoms with E-state index >= 15 is 0 Å². The summed E-state index contributed by atoms with van der Waals surface area (Å²) in [6.45, 7) is 0.585. The van der Waals surface area contributed by atoms with Gasteiger partial charge in [0.2, 0.25) is 0 Å². The normalized spacial score (nSPS) is 18.0. The van der Waals surface area contributed by atoms with Crippen LogP contribution >= 0.6 is 0 Å². The molecule has 2 rings (SSSR count). The van der Waals surface area contributed by atoms with E-state index in [1.807, 2.05) is 0 Å². The Labute approximate surface area is 108 Å². The second kappa shape index (κ2) is 6.12. The van der Waals surface area contributed by atoms with Crippen molar-refractivity contribution in [3.05, 3.63) is 34.4 Å². The van der Waals surface area contributed by atoms with Gasteiger partial charge in [0.1, 0.15) is 25.3 Å². The van der Waals surface area contributed by atoms with E-state index in [0.717, 1.165) is 0 Å². The summed E-state index contributed by atoms with van der Waals surface area (Å²) in [7, 11) is 0. The predicted molar refractivity (Wildman–Crippen MR) is 60.8 cm³/mol. The standard InChI is InChI=1S/C11H11NO7/c13-11(17-6-10-5-16-7-18-10)19-9-3-1-8(2-4-9)12(14)15/h1-4,10H,5-7H2. The summed E-state index contributed by atoms with van der Waals surface area (Å²) in [5, 5.41) is 10.4. The van der Waals surface area contributed by atoms with E-state index in [9.17, 15) is 14.9 Å². The summed E-state index contributed by atoms with van der Waals surface area (Å²) in [5.74, 6) is 0.166. The average Bonchev–Trinajstić information content (AvgIpc) is 2.90. The molecule has 1 aliphatic rings. The Hall–Kier alpha value is -2.19. The second-order valence-corrected chi connectivity index (χ2v) is 3.69. The Kier molecular flexibility index (Phi) is 4.26. The van der Waals surface area contributed by atoms with Crippen molar-refractivity contribution in [1.29, 1.82) is 0 Å². The number of carbonyl (C=O) groups excluding carboxylic acids is 1. The number of benzene rings is 1. The molecular formula is C11H11NO7. The van der Waals surface area contributed by atoms with Crippen LogP contribution < -0.4 is 4.74 Å². The highest BCUT2D eigenvalue weighted by molar-refractivity contribution is 5.64. The fourth-order valence-electron chi connectivity index (χ4n) is 1.39. The molecule has 0 aromatic heterocycles. The van der Waals surface area contributed by atoms with E-state index in [1.54, 1.807) is 0 Å². The zero-order valence-electron chi connectivity index (χ0n) is 9.81. The second-order valence-electron chi connectivity index (χ2n) is 3.69. The number of hydrogen-bond acceptors (Lipinski definition) is 7. The summed E-state index contributed by atoms with van der Waals surface area (Å²) < 4.78 is 19.6. The van der Waals surface area contributed by atoms with Crippen molar-refractivity contribution >= 4 is 11.8 Å². The number of non-ortho nitro benzene ring substituents is 1. The number of rotatable bonds is 4. The molecule has 1 heterocycles. The Morgan fingerprint density at radius 1 is 1.42 bits per heavy atom. The minimum absolute atomic E-state index is 0.0335. The van der Waals surface area contributed by atoms with Crippen LogP contribution in [0.4, 0.5) is 10.5 Å². The lowest BCUT2D eigenvalue weighted by molar-refractivity contribution is -0.384. The van der Waals surface area contributed by atoms with Crippen molar-refractivity contribution in [3.63, 3.8) is 0 Å². The molecule has 0 bridgehead atoms. The highest BCUT2D eigenvalue weighted by Gasteiger charge is 2.19. The first-order valence-corrected chi connectivity index (χ1v) is 5.43. The van der Waals surface area contributed by atoms with Gasteiger partial charge in [0.25, 0.3) is 5.69 Å². The molecule has 1 aliphatic heterocycles. The molecule has 1 saturated heterocycles. The van der Waals surface area contributed by atoms with E-state index in [4.69, 9.17) is 18.9 Å². The fourth-order valence-corrected chi connectivity index (χ4v) is 1.39. The molecule has 0 spiro atoms. The van der Waals surface area contributed by atoms with Gasteiger partial charge in [-0.25, -0.2) is 4.79 Å². The molecule has 1 fully saturated rings. The van der Waals surface area contributed by atoms with Crippen LogP contribution in [-0.2, 0) is 14.2 Å². The summed E-state index contributed by atoms with van der Waals surface area (Å²) in [6.07, 6.45) is -1.19. The molecular weight excluding hydrogens is 258 g/mol. The van der Waals surface area contributed by atoms with Crippen LogP contribution in [0.5, 0.6) is 5.75 Å². The van der Waals surface area contributed by atoms with Crippen LogP contribution in [-0.4, -0.2) is 37.2 Å². The van der Waals surface area contributed by atoms with E-state index in [-0.39, 0.29) is 30.9 Å². The van der Waals surface area contributed by atoms with Crippen molar-refractivity contribution in [1.82, 2.24) is 0 Å². The molecule has 1 atom stereocenters. The molecule has 0 N–H and O–H groups in total. The van der Waals surface area contributed by atoms with Crippen LogP contribution in [0.25, 0.3) is 0 Å². The minimum atomic E-state index is -0.899. The largest absolute Gasteiger partial charge is 0.513 e. The first-order valence-electron chi connectivity index (χ1n) is 5.43. The molecule has 8 heteroatoms. The summed E-state index contributed by atoms with van der Waals surface area (Å²) in [5.41, 5.74) is -0.0859. The van der Waals surface area contributed by atoms with Crippen LogP contribution in [0.1, 0.15) is 0 Å². The van der Waals surface area contributed by atoms with Crippen LogP contribution in [0, 0.1) is 10.1 Å². The summed E-state index contributed by atoms with van der Waals surface area (Å²) in [6, 6.07) is 5.09. The Bertz CT molecular complexity index is 453. The third kappa shape index (κ3) is 3.90. The van der Waals surface area contributed by atoms with Gasteiger partial charge in [-0.1, -0.05) is 0 Å². The van der Waals surface area contributed by atoms with Gasteiger partial charge in [-0.05, 0) is 12.1 Å². The van der Waals surface area contributed by atoms with Crippen molar-refractivity contribution in [3.8, 4) is 5.75 Å². The number of nitrogens with zero attached hydrogens (tertiary/aromatic N) is 1. The lowest BCUT2D eigenvalue weighted by Gasteiger charge is -2.08. The number of nitro benzene ring substituents is 1. The fraction of sp³-hybridized carbons (Fsp3) is 0.364. The van der Waals surface area contributed by atoms with Crippen molar-refractivity contribution in [2.24, 2.45) is 0 Å². The third-order valence-corrected chi connectivity index (χ3v) is 2.33. The zero-order chi connectivity index (χ0) is 13.7. The molecule has 102 valence electrons. The van der Waals surface area contributed by atoms with Gasteiger partial charge >= 0.3 is 6.16 Å². The zero-order valence-corrected chi connectivity index (χ0v) is 9.81. The molecule has 19 heavy (non-hydrogen) atoms. The van der Waals surface area contributed by atoms with Gasteiger partial charge in [-0.2, -0.15) is 0 Å². The summed E-state index contributed by atoms with van der Waals surface area (Å²) in [4.78, 5) is 21.2. The van der Waals surface area contributed by atoms with E-state index in [0.29, 0.717) is 6.61 Å². The molecule has 1 unspecified atom stereocenters. The van der Waals surface area contributed by atoms with Gasteiger partial charge in [0.05, 0.1) is 11.5 Å². The summed E-state index contributed by atoms with van der Waals surface area (Å²) >= 11 is 0. The maximum absolute atomic E-state index is 11.3. The molecule has 0 aliphatic carbocycles. The van der Waals surface area contributed by atoms with E-state index in [2.05, 4.69) is 0 Å². The molecule has 0 saturated carbocycles. The number of carbonyl (C=O) groups is 1. The molecule has 0 amide bonds. The lowest BCUT2D eigenvalue weighted by Crippen LogP contribution is -2.22. The smallest absolute Gasteiger partial charge is 0.431 e. The van der Waals surface area contributed by atoms with Crippen molar-refractivity contribution < 1.29 is 28.7 Å². The predicted octanol–water partition coefficient (Wildman–Crippen LogP) is 1.48. The Morgan fingerprint density at radius 3 is 2.74 bits per heavy atom. The first kappa shape index (κ1) is 13.2. The minimum Gasteiger partial charge on any atom is -0.431 e. The first-order chi connectivity index (χ1) is 9.15. The molecule has 0 radical (unpaired) electrons. The lowest BCUT2D eigenvalue weighted by atomic mass is 10.3. The molecule has 1 aromatic carbocycles. The highest BCUT2D eigenvalue weighted by Crippen LogP contribution is 2.17. The molecule has 1 aromatic rings. The number of hydrogen-bond donors (Lipinski definition) is 0. The van der Waals surface area contributed by atoms with E-state index < -0.39 is 11.1 Å². The Morgan fingerprint density at radius 2 is 2.16 bits per heavy atom. The van der Waals surface area contributed by atoms with Gasteiger partial charge in [-0.3, -0.25) is 10.1 Å². The average molecular weight is 269 g/mol. The quantitative estimate of drug-likeness (QED) is 0.353. The maximum atomic E-state index is 11.3. The van der Waals surface area contributed by atoms with Crippen molar-refractivity contribution in [2.45, 2.75) is 6.10 Å². The maximum Gasteiger partial charge on any atom is 0.513 e. The number of nitro groups is 1. The van der Waals surface area contributed by atoms with E-state index in [1.165, 1.54) is 24.3 Å². The van der Waals surface area contributed by atoms with Crippen LogP contribution in [0.15, 0.2) is 24.3 Å². The van der Waals surface area contributed by atoms with Crippen LogP contribution in [0.3, 0.4) is 0 Å². The third-order valence-electron chi connectivity index (χ3n) is 2.33. The molecule has 8 nitrogen and oxygen atoms in total. The Balaban J connectivity index is 1.79. The van der Waals surface area contributed by atoms with Crippen molar-refractivity contribution in [2.75, 3.05) is 20.0 Å². The highest BCUT2D eigenvalue weighted by atomic mass is 16.7. The number of ether oxygens (including phenoxy) is 4. The van der Waals surface area contributed by atoms with Gasteiger partial charge in [0.15, 0.2) is 0 Å². The SMILES string of the molecule is O=C(OCC1COCO1)Oc1ccc([N+](=O)[O-])cc1. The van der Waals surface area contributed by atoms with Gasteiger partial charge in [0, 0.05) is 12.1 Å². The van der Waals surface area contributed by atoms with Gasteiger partial charge in [-0.15, -0.1) is 0 Å². The van der Waals surface area contributed by atoms with Gasteiger partial charge < -0.3 is 18.9 Å². The monoisotopic (exact) mass is 269 g/mol. The topological polar surface area (TPSA) is 97.1 Å².